The summed E-state index contributed by atoms with van der Waals surface area (Å²) in [6.07, 6.45) is -4.99. The molecule has 0 aromatic heterocycles. The summed E-state index contributed by atoms with van der Waals surface area (Å²) < 4.78 is 50.1. The van der Waals surface area contributed by atoms with E-state index in [1.165, 1.54) is 12.1 Å². The maximum Gasteiger partial charge on any atom is 0.416 e. The van der Waals surface area contributed by atoms with Crippen LogP contribution in [0.3, 0.4) is 0 Å². The van der Waals surface area contributed by atoms with Gasteiger partial charge in [0, 0.05) is 32.2 Å². The maximum absolute atomic E-state index is 13.4. The first-order valence-corrected chi connectivity index (χ1v) is 8.93. The fourth-order valence-electron chi connectivity index (χ4n) is 3.10. The normalized spacial score (nSPS) is 18.7. The molecule has 1 aromatic carbocycles. The summed E-state index contributed by atoms with van der Waals surface area (Å²) in [7, 11) is 0. The molecule has 1 amide bonds. The summed E-state index contributed by atoms with van der Waals surface area (Å²) in [5.74, 6) is -0.158. The molecule has 0 aliphatic carbocycles. The van der Waals surface area contributed by atoms with Gasteiger partial charge in [-0.25, -0.2) is 4.79 Å². The van der Waals surface area contributed by atoms with E-state index in [1.54, 1.807) is 25.7 Å². The Kier molecular flexibility index (Phi) is 6.59. The van der Waals surface area contributed by atoms with Crippen molar-refractivity contribution in [1.82, 2.24) is 9.80 Å². The van der Waals surface area contributed by atoms with E-state index in [2.05, 4.69) is 4.74 Å². The van der Waals surface area contributed by atoms with Gasteiger partial charge in [0.15, 0.2) is 0 Å². The molecule has 0 N–H and O–H groups in total. The molecular weight excluding hydrogens is 377 g/mol. The summed E-state index contributed by atoms with van der Waals surface area (Å²) in [4.78, 5) is 26.1. The van der Waals surface area contributed by atoms with Gasteiger partial charge in [-0.1, -0.05) is 6.07 Å². The summed E-state index contributed by atoms with van der Waals surface area (Å²) in [5.41, 5.74) is -1.36. The SMILES string of the molecule is C[C@H]1CN(Cc2ccc(OC=O)cc2C(F)(F)F)CCN1C(=O)OC(C)(C)C. The third-order valence-electron chi connectivity index (χ3n) is 4.30. The molecule has 1 fully saturated rings. The largest absolute Gasteiger partial charge is 0.444 e. The molecule has 0 unspecified atom stereocenters. The molecule has 1 saturated heterocycles. The predicted molar refractivity (Wildman–Crippen MR) is 95.8 cm³/mol. The molecule has 0 spiro atoms. The van der Waals surface area contributed by atoms with Crippen LogP contribution in [-0.2, 0) is 22.3 Å². The van der Waals surface area contributed by atoms with E-state index in [9.17, 15) is 22.8 Å². The number of piperazine rings is 1. The van der Waals surface area contributed by atoms with Gasteiger partial charge in [0.2, 0.25) is 0 Å². The molecule has 0 radical (unpaired) electrons. The van der Waals surface area contributed by atoms with Gasteiger partial charge in [0.1, 0.15) is 11.4 Å². The Hall–Kier alpha value is -2.29. The van der Waals surface area contributed by atoms with Crippen LogP contribution < -0.4 is 4.74 Å². The molecule has 0 saturated carbocycles. The lowest BCUT2D eigenvalue weighted by Gasteiger charge is -2.40. The van der Waals surface area contributed by atoms with Crippen LogP contribution >= 0.6 is 0 Å². The van der Waals surface area contributed by atoms with Gasteiger partial charge in [-0.2, -0.15) is 13.2 Å². The summed E-state index contributed by atoms with van der Waals surface area (Å²) in [6, 6.07) is 3.27. The van der Waals surface area contributed by atoms with E-state index in [1.807, 2.05) is 11.8 Å². The van der Waals surface area contributed by atoms with Gasteiger partial charge in [-0.3, -0.25) is 9.69 Å². The fourth-order valence-corrected chi connectivity index (χ4v) is 3.10. The molecular formula is C19H25F3N2O4. The monoisotopic (exact) mass is 402 g/mol. The lowest BCUT2D eigenvalue weighted by atomic mass is 10.0. The van der Waals surface area contributed by atoms with Gasteiger partial charge in [-0.05, 0) is 45.4 Å². The van der Waals surface area contributed by atoms with Crippen molar-refractivity contribution in [3.05, 3.63) is 29.3 Å². The van der Waals surface area contributed by atoms with Crippen LogP contribution in [-0.4, -0.2) is 53.6 Å². The molecule has 1 aliphatic heterocycles. The molecule has 0 bridgehead atoms. The number of hydrogen-bond donors (Lipinski definition) is 0. The van der Waals surface area contributed by atoms with E-state index < -0.39 is 23.4 Å². The minimum atomic E-state index is -4.57. The van der Waals surface area contributed by atoms with Crippen molar-refractivity contribution in [3.8, 4) is 5.75 Å². The lowest BCUT2D eigenvalue weighted by molar-refractivity contribution is -0.138. The standard InChI is InChI=1S/C19H25F3N2O4/c1-13-10-23(7-8-24(13)17(26)28-18(2,3)4)11-14-5-6-15(27-12-25)9-16(14)19(20,21)22/h5-6,9,12-13H,7-8,10-11H2,1-4H3/t13-/m0/s1. The molecule has 9 heteroatoms. The van der Waals surface area contributed by atoms with Gasteiger partial charge >= 0.3 is 12.3 Å². The van der Waals surface area contributed by atoms with Crippen LogP contribution in [0, 0.1) is 0 Å². The van der Waals surface area contributed by atoms with Crippen LogP contribution in [0.2, 0.25) is 0 Å². The predicted octanol–water partition coefficient (Wildman–Crippen LogP) is 3.68. The van der Waals surface area contributed by atoms with Gasteiger partial charge < -0.3 is 14.4 Å². The molecule has 1 aromatic rings. The van der Waals surface area contributed by atoms with E-state index >= 15 is 0 Å². The zero-order chi connectivity index (χ0) is 21.1. The third kappa shape index (κ3) is 5.85. The second kappa shape index (κ2) is 8.38. The fraction of sp³-hybridized carbons (Fsp3) is 0.579. The number of hydrogen-bond acceptors (Lipinski definition) is 5. The minimum absolute atomic E-state index is 0.0721. The smallest absolute Gasteiger partial charge is 0.416 e. The molecule has 2 rings (SSSR count). The quantitative estimate of drug-likeness (QED) is 0.719. The number of halogens is 3. The zero-order valence-electron chi connectivity index (χ0n) is 16.4. The molecule has 1 heterocycles. The van der Waals surface area contributed by atoms with Gasteiger partial charge in [0.25, 0.3) is 6.47 Å². The molecule has 6 nitrogen and oxygen atoms in total. The average molecular weight is 402 g/mol. The summed E-state index contributed by atoms with van der Waals surface area (Å²) in [5, 5.41) is 0. The third-order valence-corrected chi connectivity index (χ3v) is 4.30. The van der Waals surface area contributed by atoms with Crippen molar-refractivity contribution < 1.29 is 32.2 Å². The molecule has 1 aliphatic rings. The second-order valence-corrected chi connectivity index (χ2v) is 7.79. The van der Waals surface area contributed by atoms with Gasteiger partial charge in [0.05, 0.1) is 5.56 Å². The Morgan fingerprint density at radius 2 is 1.93 bits per heavy atom. The number of nitrogens with zero attached hydrogens (tertiary/aromatic N) is 2. The number of carbonyl (C=O) groups excluding carboxylic acids is 2. The van der Waals surface area contributed by atoms with E-state index in [0.717, 1.165) is 6.07 Å². The van der Waals surface area contributed by atoms with E-state index in [0.29, 0.717) is 19.6 Å². The van der Waals surface area contributed by atoms with Crippen molar-refractivity contribution in [2.45, 2.75) is 52.1 Å². The highest BCUT2D eigenvalue weighted by Gasteiger charge is 2.36. The van der Waals surface area contributed by atoms with Crippen molar-refractivity contribution in [2.75, 3.05) is 19.6 Å². The Bertz CT molecular complexity index is 716. The number of ether oxygens (including phenoxy) is 2. The van der Waals surface area contributed by atoms with Crippen LogP contribution in [0.1, 0.15) is 38.8 Å². The zero-order valence-corrected chi connectivity index (χ0v) is 16.4. The highest BCUT2D eigenvalue weighted by molar-refractivity contribution is 5.68. The van der Waals surface area contributed by atoms with Crippen molar-refractivity contribution in [1.29, 1.82) is 0 Å². The van der Waals surface area contributed by atoms with Crippen molar-refractivity contribution >= 4 is 12.6 Å². The van der Waals surface area contributed by atoms with E-state index in [4.69, 9.17) is 4.74 Å². The Morgan fingerprint density at radius 1 is 1.25 bits per heavy atom. The Balaban J connectivity index is 2.09. The first-order valence-electron chi connectivity index (χ1n) is 8.93. The van der Waals surface area contributed by atoms with Crippen LogP contribution in [0.15, 0.2) is 18.2 Å². The lowest BCUT2D eigenvalue weighted by Crippen LogP contribution is -2.54. The summed E-state index contributed by atoms with van der Waals surface area (Å²) >= 11 is 0. The highest BCUT2D eigenvalue weighted by Crippen LogP contribution is 2.35. The first-order chi connectivity index (χ1) is 12.9. The van der Waals surface area contributed by atoms with Crippen LogP contribution in [0.5, 0.6) is 5.75 Å². The molecule has 1 atom stereocenters. The summed E-state index contributed by atoms with van der Waals surface area (Å²) in [6.45, 7) is 8.55. The average Bonchev–Trinajstić information content (AvgIpc) is 2.54. The highest BCUT2D eigenvalue weighted by atomic mass is 19.4. The number of carbonyl (C=O) groups is 2. The minimum Gasteiger partial charge on any atom is -0.444 e. The number of benzene rings is 1. The first kappa shape index (κ1) is 22.0. The van der Waals surface area contributed by atoms with Crippen molar-refractivity contribution in [3.63, 3.8) is 0 Å². The Labute approximate surface area is 162 Å². The number of rotatable bonds is 4. The number of amides is 1. The van der Waals surface area contributed by atoms with Gasteiger partial charge in [-0.15, -0.1) is 0 Å². The van der Waals surface area contributed by atoms with Crippen molar-refractivity contribution in [2.24, 2.45) is 0 Å². The molecule has 156 valence electrons. The number of alkyl halides is 3. The maximum atomic E-state index is 13.4. The van der Waals surface area contributed by atoms with Crippen LogP contribution in [0.25, 0.3) is 0 Å². The van der Waals surface area contributed by atoms with E-state index in [-0.39, 0.29) is 30.4 Å². The second-order valence-electron chi connectivity index (χ2n) is 7.79. The van der Waals surface area contributed by atoms with Crippen LogP contribution in [0.4, 0.5) is 18.0 Å². The topological polar surface area (TPSA) is 59.1 Å². The Morgan fingerprint density at radius 3 is 2.46 bits per heavy atom. The molecule has 28 heavy (non-hydrogen) atoms.